The molecule has 0 fully saturated rings. The normalized spacial score (nSPS) is 13.4. The largest absolute Gasteiger partial charge is 0.341 e. The van der Waals surface area contributed by atoms with E-state index < -0.39 is 0 Å². The van der Waals surface area contributed by atoms with E-state index in [0.717, 1.165) is 0 Å². The molecule has 0 radical (unpaired) electrons. The Morgan fingerprint density at radius 3 is 2.93 bits per heavy atom. The minimum Gasteiger partial charge on any atom is -0.341 e. The molecule has 0 bridgehead atoms. The number of benzene rings is 1. The standard InChI is InChI=1S/C9H9BrFN3/c1-4(12)9-13-7-3-5(11)2-6(10)8(7)14-9/h2-4H,12H2,1H3,(H,13,14)/t4-/m1/s1. The van der Waals surface area contributed by atoms with E-state index in [1.807, 2.05) is 6.92 Å². The summed E-state index contributed by atoms with van der Waals surface area (Å²) >= 11 is 3.25. The summed E-state index contributed by atoms with van der Waals surface area (Å²) in [7, 11) is 0. The monoisotopic (exact) mass is 257 g/mol. The number of nitrogens with zero attached hydrogens (tertiary/aromatic N) is 1. The zero-order chi connectivity index (χ0) is 10.3. The van der Waals surface area contributed by atoms with E-state index >= 15 is 0 Å². The zero-order valence-corrected chi connectivity index (χ0v) is 9.10. The van der Waals surface area contributed by atoms with E-state index in [9.17, 15) is 4.39 Å². The fraction of sp³-hybridized carbons (Fsp3) is 0.222. The molecule has 0 saturated carbocycles. The van der Waals surface area contributed by atoms with Crippen LogP contribution in [0.2, 0.25) is 0 Å². The molecule has 0 saturated heterocycles. The van der Waals surface area contributed by atoms with E-state index in [1.165, 1.54) is 12.1 Å². The second-order valence-electron chi connectivity index (χ2n) is 3.19. The van der Waals surface area contributed by atoms with Gasteiger partial charge in [0.05, 0.1) is 11.6 Å². The van der Waals surface area contributed by atoms with Gasteiger partial charge in [-0.25, -0.2) is 9.37 Å². The summed E-state index contributed by atoms with van der Waals surface area (Å²) in [4.78, 5) is 7.23. The highest BCUT2D eigenvalue weighted by Gasteiger charge is 2.10. The third kappa shape index (κ3) is 1.53. The predicted octanol–water partition coefficient (Wildman–Crippen LogP) is 2.48. The molecule has 0 aliphatic carbocycles. The van der Waals surface area contributed by atoms with Crippen LogP contribution in [0.4, 0.5) is 4.39 Å². The topological polar surface area (TPSA) is 54.7 Å². The van der Waals surface area contributed by atoms with Crippen molar-refractivity contribution in [3.63, 3.8) is 0 Å². The number of H-pyrrole nitrogens is 1. The Hall–Kier alpha value is -0.940. The van der Waals surface area contributed by atoms with Crippen molar-refractivity contribution in [1.29, 1.82) is 0 Å². The lowest BCUT2D eigenvalue weighted by molar-refractivity contribution is 0.628. The first-order valence-corrected chi connectivity index (χ1v) is 4.97. The van der Waals surface area contributed by atoms with Crippen molar-refractivity contribution in [2.75, 3.05) is 0 Å². The van der Waals surface area contributed by atoms with Gasteiger partial charge in [0.15, 0.2) is 0 Å². The van der Waals surface area contributed by atoms with Gasteiger partial charge < -0.3 is 10.7 Å². The molecule has 1 aromatic heterocycles. The lowest BCUT2D eigenvalue weighted by Gasteiger charge is -1.96. The molecule has 14 heavy (non-hydrogen) atoms. The molecule has 1 heterocycles. The fourth-order valence-electron chi connectivity index (χ4n) is 1.28. The van der Waals surface area contributed by atoms with E-state index in [0.29, 0.717) is 21.3 Å². The Morgan fingerprint density at radius 1 is 1.57 bits per heavy atom. The SMILES string of the molecule is C[C@@H](N)c1nc2c(Br)cc(F)cc2[nH]1. The summed E-state index contributed by atoms with van der Waals surface area (Å²) in [6.07, 6.45) is 0. The summed E-state index contributed by atoms with van der Waals surface area (Å²) in [5, 5.41) is 0. The van der Waals surface area contributed by atoms with Gasteiger partial charge in [0, 0.05) is 4.47 Å². The minimum atomic E-state index is -0.302. The number of hydrogen-bond donors (Lipinski definition) is 2. The zero-order valence-electron chi connectivity index (χ0n) is 7.51. The quantitative estimate of drug-likeness (QED) is 0.825. The predicted molar refractivity (Wildman–Crippen MR) is 56.4 cm³/mol. The highest BCUT2D eigenvalue weighted by atomic mass is 79.9. The van der Waals surface area contributed by atoms with Crippen molar-refractivity contribution in [2.24, 2.45) is 5.73 Å². The number of aromatic amines is 1. The average Bonchev–Trinajstić information content (AvgIpc) is 2.47. The lowest BCUT2D eigenvalue weighted by atomic mass is 10.3. The highest BCUT2D eigenvalue weighted by molar-refractivity contribution is 9.10. The third-order valence-electron chi connectivity index (χ3n) is 1.95. The Balaban J connectivity index is 2.70. The first kappa shape index (κ1) is 9.61. The van der Waals surface area contributed by atoms with Crippen molar-refractivity contribution in [2.45, 2.75) is 13.0 Å². The van der Waals surface area contributed by atoms with Crippen LogP contribution in [0.3, 0.4) is 0 Å². The molecule has 74 valence electrons. The molecule has 0 aliphatic heterocycles. The van der Waals surface area contributed by atoms with Gasteiger partial charge >= 0.3 is 0 Å². The molecule has 1 aromatic carbocycles. The van der Waals surface area contributed by atoms with E-state index in [1.54, 1.807) is 0 Å². The number of imidazole rings is 1. The second-order valence-corrected chi connectivity index (χ2v) is 4.05. The van der Waals surface area contributed by atoms with E-state index in [4.69, 9.17) is 5.73 Å². The molecule has 0 spiro atoms. The molecule has 3 nitrogen and oxygen atoms in total. The average molecular weight is 258 g/mol. The maximum absolute atomic E-state index is 13.0. The first-order chi connectivity index (χ1) is 6.58. The Labute approximate surface area is 88.6 Å². The molecule has 2 aromatic rings. The number of aromatic nitrogens is 2. The molecular weight excluding hydrogens is 249 g/mol. The van der Waals surface area contributed by atoms with Gasteiger partial charge in [-0.05, 0) is 35.0 Å². The Bertz CT molecular complexity index is 478. The molecule has 1 atom stereocenters. The van der Waals surface area contributed by atoms with Crippen LogP contribution >= 0.6 is 15.9 Å². The van der Waals surface area contributed by atoms with Gasteiger partial charge in [-0.2, -0.15) is 0 Å². The van der Waals surface area contributed by atoms with E-state index in [-0.39, 0.29) is 11.9 Å². The lowest BCUT2D eigenvalue weighted by Crippen LogP contribution is -2.06. The summed E-state index contributed by atoms with van der Waals surface area (Å²) in [5.41, 5.74) is 7.03. The molecular formula is C9H9BrFN3. The number of nitrogens with two attached hydrogens (primary N) is 1. The molecule has 2 rings (SSSR count). The van der Waals surface area contributed by atoms with E-state index in [2.05, 4.69) is 25.9 Å². The minimum absolute atomic E-state index is 0.183. The molecule has 3 N–H and O–H groups in total. The maximum atomic E-state index is 13.0. The molecule has 0 amide bonds. The first-order valence-electron chi connectivity index (χ1n) is 4.18. The number of halogens is 2. The van der Waals surface area contributed by atoms with Crippen molar-refractivity contribution in [1.82, 2.24) is 9.97 Å². The van der Waals surface area contributed by atoms with Gasteiger partial charge in [0.2, 0.25) is 0 Å². The van der Waals surface area contributed by atoms with Crippen LogP contribution in [0, 0.1) is 5.82 Å². The van der Waals surface area contributed by atoms with Crippen LogP contribution in [-0.4, -0.2) is 9.97 Å². The van der Waals surface area contributed by atoms with Gasteiger partial charge in [-0.15, -0.1) is 0 Å². The van der Waals surface area contributed by atoms with Gasteiger partial charge in [-0.3, -0.25) is 0 Å². The van der Waals surface area contributed by atoms with Gasteiger partial charge in [0.25, 0.3) is 0 Å². The number of hydrogen-bond acceptors (Lipinski definition) is 2. The summed E-state index contributed by atoms with van der Waals surface area (Å²) in [6.45, 7) is 1.82. The van der Waals surface area contributed by atoms with Crippen molar-refractivity contribution in [3.8, 4) is 0 Å². The molecule has 0 unspecified atom stereocenters. The van der Waals surface area contributed by atoms with Crippen molar-refractivity contribution < 1.29 is 4.39 Å². The van der Waals surface area contributed by atoms with Gasteiger partial charge in [0.1, 0.15) is 17.2 Å². The van der Waals surface area contributed by atoms with Crippen molar-refractivity contribution >= 4 is 27.0 Å². The van der Waals surface area contributed by atoms with Crippen molar-refractivity contribution in [3.05, 3.63) is 28.2 Å². The number of nitrogens with one attached hydrogen (secondary N) is 1. The Kier molecular flexibility index (Phi) is 2.28. The van der Waals surface area contributed by atoms with Crippen LogP contribution in [0.25, 0.3) is 11.0 Å². The molecule has 5 heteroatoms. The highest BCUT2D eigenvalue weighted by Crippen LogP contribution is 2.24. The number of rotatable bonds is 1. The Morgan fingerprint density at radius 2 is 2.29 bits per heavy atom. The summed E-state index contributed by atoms with van der Waals surface area (Å²) < 4.78 is 13.6. The van der Waals surface area contributed by atoms with Crippen LogP contribution in [0.1, 0.15) is 18.8 Å². The smallest absolute Gasteiger partial charge is 0.126 e. The third-order valence-corrected chi connectivity index (χ3v) is 2.56. The van der Waals surface area contributed by atoms with Crippen LogP contribution in [0.5, 0.6) is 0 Å². The van der Waals surface area contributed by atoms with Gasteiger partial charge in [-0.1, -0.05) is 0 Å². The molecule has 0 aliphatic rings. The fourth-order valence-corrected chi connectivity index (χ4v) is 1.80. The second kappa shape index (κ2) is 3.33. The van der Waals surface area contributed by atoms with Crippen LogP contribution < -0.4 is 5.73 Å². The van der Waals surface area contributed by atoms with Crippen LogP contribution in [0.15, 0.2) is 16.6 Å². The summed E-state index contributed by atoms with van der Waals surface area (Å²) in [5.74, 6) is 0.357. The maximum Gasteiger partial charge on any atom is 0.126 e. The van der Waals surface area contributed by atoms with Crippen LogP contribution in [-0.2, 0) is 0 Å². The summed E-state index contributed by atoms with van der Waals surface area (Å²) in [6, 6.07) is 2.60. The number of fused-ring (bicyclic) bond motifs is 1.